The molecule has 0 unspecified atom stereocenters. The Hall–Kier alpha value is -2.36. The molecule has 0 fully saturated rings. The molecule has 0 saturated carbocycles. The van der Waals surface area contributed by atoms with Crippen molar-refractivity contribution in [1.29, 1.82) is 0 Å². The lowest BCUT2D eigenvalue weighted by Crippen LogP contribution is -2.25. The molecular formula is C20H19BrN2O4S2. The van der Waals surface area contributed by atoms with Crippen LogP contribution in [0.3, 0.4) is 0 Å². The van der Waals surface area contributed by atoms with Gasteiger partial charge in [0.05, 0.1) is 22.2 Å². The highest BCUT2D eigenvalue weighted by Crippen LogP contribution is 2.29. The summed E-state index contributed by atoms with van der Waals surface area (Å²) in [7, 11) is -2.32. The van der Waals surface area contributed by atoms with Crippen molar-refractivity contribution in [2.45, 2.75) is 11.3 Å². The fraction of sp³-hybridized carbons (Fsp3) is 0.150. The van der Waals surface area contributed by atoms with Crippen LogP contribution < -0.4 is 14.8 Å². The third kappa shape index (κ3) is 5.59. The third-order valence-corrected chi connectivity index (χ3v) is 6.98. The van der Waals surface area contributed by atoms with Crippen molar-refractivity contribution in [3.63, 3.8) is 0 Å². The molecule has 2 N–H and O–H groups in total. The van der Waals surface area contributed by atoms with Gasteiger partial charge in [0.2, 0.25) is 0 Å². The molecule has 0 atom stereocenters. The second-order valence-corrected chi connectivity index (χ2v) is 9.64. The lowest BCUT2D eigenvalue weighted by atomic mass is 10.2. The Morgan fingerprint density at radius 1 is 1.14 bits per heavy atom. The lowest BCUT2D eigenvalue weighted by molar-refractivity contribution is 0.0954. The quantitative estimate of drug-likeness (QED) is 0.488. The molecule has 29 heavy (non-hydrogen) atoms. The zero-order chi connectivity index (χ0) is 20.9. The van der Waals surface area contributed by atoms with Gasteiger partial charge < -0.3 is 10.1 Å². The number of hydrogen-bond donors (Lipinski definition) is 2. The van der Waals surface area contributed by atoms with E-state index in [0.717, 1.165) is 6.42 Å². The predicted molar refractivity (Wildman–Crippen MR) is 118 cm³/mol. The van der Waals surface area contributed by atoms with Crippen molar-refractivity contribution in [2.75, 3.05) is 18.4 Å². The highest BCUT2D eigenvalue weighted by Gasteiger charge is 2.17. The third-order valence-electron chi connectivity index (χ3n) is 4.05. The van der Waals surface area contributed by atoms with Gasteiger partial charge in [-0.25, -0.2) is 8.42 Å². The van der Waals surface area contributed by atoms with Gasteiger partial charge in [-0.1, -0.05) is 12.1 Å². The van der Waals surface area contributed by atoms with E-state index in [0.29, 0.717) is 22.5 Å². The Morgan fingerprint density at radius 3 is 2.66 bits per heavy atom. The van der Waals surface area contributed by atoms with Crippen molar-refractivity contribution in [3.05, 3.63) is 74.9 Å². The molecule has 1 aromatic heterocycles. The van der Waals surface area contributed by atoms with E-state index in [1.54, 1.807) is 41.7 Å². The number of carbonyl (C=O) groups excluding carboxylic acids is 1. The Labute approximate surface area is 182 Å². The van der Waals surface area contributed by atoms with E-state index < -0.39 is 10.0 Å². The van der Waals surface area contributed by atoms with Crippen LogP contribution in [0.5, 0.6) is 5.75 Å². The summed E-state index contributed by atoms with van der Waals surface area (Å²) < 4.78 is 33.7. The number of benzene rings is 2. The average molecular weight is 495 g/mol. The van der Waals surface area contributed by atoms with E-state index in [-0.39, 0.29) is 16.4 Å². The summed E-state index contributed by atoms with van der Waals surface area (Å²) in [5.41, 5.74) is 0.665. The molecule has 0 saturated heterocycles. The minimum absolute atomic E-state index is 0.00958. The molecule has 2 aromatic carbocycles. The molecular weight excluding hydrogens is 476 g/mol. The number of methoxy groups -OCH3 is 1. The number of halogens is 1. The molecule has 6 nitrogen and oxygen atoms in total. The summed E-state index contributed by atoms with van der Waals surface area (Å²) in [6, 6.07) is 14.8. The SMILES string of the molecule is COc1ccc(NS(=O)(=O)c2cccc(C(=O)NCCc3cccs3)c2)cc1Br. The first-order valence-electron chi connectivity index (χ1n) is 8.66. The van der Waals surface area contributed by atoms with Gasteiger partial charge in [0.25, 0.3) is 15.9 Å². The van der Waals surface area contributed by atoms with Crippen LogP contribution in [-0.2, 0) is 16.4 Å². The van der Waals surface area contributed by atoms with E-state index in [1.165, 1.54) is 24.1 Å². The standard InChI is InChI=1S/C20H19BrN2O4S2/c1-27-19-8-7-15(13-18(19)21)23-29(25,26)17-6-2-4-14(12-17)20(24)22-10-9-16-5-3-11-28-16/h2-8,11-13,23H,9-10H2,1H3,(H,22,24). The van der Waals surface area contributed by atoms with Crippen LogP contribution in [-0.4, -0.2) is 28.0 Å². The smallest absolute Gasteiger partial charge is 0.261 e. The largest absolute Gasteiger partial charge is 0.496 e. The number of ether oxygens (including phenoxy) is 1. The number of carbonyl (C=O) groups is 1. The van der Waals surface area contributed by atoms with Crippen molar-refractivity contribution in [2.24, 2.45) is 0 Å². The lowest BCUT2D eigenvalue weighted by Gasteiger charge is -2.11. The van der Waals surface area contributed by atoms with Crippen molar-refractivity contribution in [3.8, 4) is 5.75 Å². The number of sulfonamides is 1. The van der Waals surface area contributed by atoms with Gasteiger partial charge in [0, 0.05) is 17.0 Å². The molecule has 0 radical (unpaired) electrons. The van der Waals surface area contributed by atoms with Gasteiger partial charge in [-0.2, -0.15) is 0 Å². The zero-order valence-electron chi connectivity index (χ0n) is 15.5. The van der Waals surface area contributed by atoms with Crippen LogP contribution in [0.25, 0.3) is 0 Å². The molecule has 3 aromatic rings. The molecule has 9 heteroatoms. The maximum atomic E-state index is 12.7. The Bertz CT molecular complexity index is 1100. The summed E-state index contributed by atoms with van der Waals surface area (Å²) in [6.07, 6.45) is 0.731. The first-order chi connectivity index (χ1) is 13.9. The van der Waals surface area contributed by atoms with Gasteiger partial charge in [-0.3, -0.25) is 9.52 Å². The fourth-order valence-electron chi connectivity index (χ4n) is 2.60. The van der Waals surface area contributed by atoms with Crippen molar-refractivity contribution >= 4 is 48.9 Å². The molecule has 152 valence electrons. The van der Waals surface area contributed by atoms with E-state index in [9.17, 15) is 13.2 Å². The van der Waals surface area contributed by atoms with Crippen LogP contribution in [0.2, 0.25) is 0 Å². The second kappa shape index (κ2) is 9.43. The van der Waals surface area contributed by atoms with Gasteiger partial charge in [0.1, 0.15) is 5.75 Å². The maximum Gasteiger partial charge on any atom is 0.261 e. The monoisotopic (exact) mass is 494 g/mol. The number of nitrogens with one attached hydrogen (secondary N) is 2. The second-order valence-electron chi connectivity index (χ2n) is 6.07. The molecule has 1 amide bonds. The highest BCUT2D eigenvalue weighted by atomic mass is 79.9. The van der Waals surface area contributed by atoms with Crippen LogP contribution in [0.4, 0.5) is 5.69 Å². The summed E-state index contributed by atoms with van der Waals surface area (Å²) in [5, 5.41) is 4.80. The summed E-state index contributed by atoms with van der Waals surface area (Å²) in [4.78, 5) is 13.6. The molecule has 0 spiro atoms. The van der Waals surface area contributed by atoms with Crippen molar-refractivity contribution < 1.29 is 17.9 Å². The summed E-state index contributed by atoms with van der Waals surface area (Å²) >= 11 is 4.96. The Balaban J connectivity index is 1.70. The Kier molecular flexibility index (Phi) is 6.94. The van der Waals surface area contributed by atoms with Gasteiger partial charge in [-0.05, 0) is 70.2 Å². The normalized spacial score (nSPS) is 11.1. The summed E-state index contributed by atoms with van der Waals surface area (Å²) in [6.45, 7) is 0.481. The van der Waals surface area contributed by atoms with Gasteiger partial charge in [0.15, 0.2) is 0 Å². The first-order valence-corrected chi connectivity index (χ1v) is 11.8. The highest BCUT2D eigenvalue weighted by molar-refractivity contribution is 9.10. The first kappa shape index (κ1) is 21.4. The van der Waals surface area contributed by atoms with Gasteiger partial charge >= 0.3 is 0 Å². The number of hydrogen-bond acceptors (Lipinski definition) is 5. The van der Waals surface area contributed by atoms with Crippen molar-refractivity contribution in [1.82, 2.24) is 5.32 Å². The topological polar surface area (TPSA) is 84.5 Å². The minimum atomic E-state index is -3.85. The predicted octanol–water partition coefficient (Wildman–Crippen LogP) is 4.29. The Morgan fingerprint density at radius 2 is 1.97 bits per heavy atom. The van der Waals surface area contributed by atoms with Crippen LogP contribution in [0, 0.1) is 0 Å². The van der Waals surface area contributed by atoms with Crippen LogP contribution in [0.1, 0.15) is 15.2 Å². The molecule has 0 aliphatic rings. The fourth-order valence-corrected chi connectivity index (χ4v) is 4.95. The number of amides is 1. The molecule has 0 aliphatic carbocycles. The minimum Gasteiger partial charge on any atom is -0.496 e. The molecule has 0 aliphatic heterocycles. The summed E-state index contributed by atoms with van der Waals surface area (Å²) in [5.74, 6) is 0.278. The van der Waals surface area contributed by atoms with E-state index in [4.69, 9.17) is 4.74 Å². The molecule has 0 bridgehead atoms. The van der Waals surface area contributed by atoms with Crippen LogP contribution in [0.15, 0.2) is 69.3 Å². The molecule has 3 rings (SSSR count). The van der Waals surface area contributed by atoms with Gasteiger partial charge in [-0.15, -0.1) is 11.3 Å². The maximum absolute atomic E-state index is 12.7. The van der Waals surface area contributed by atoms with E-state index in [1.807, 2.05) is 17.5 Å². The average Bonchev–Trinajstić information content (AvgIpc) is 3.21. The number of thiophene rings is 1. The van der Waals surface area contributed by atoms with E-state index >= 15 is 0 Å². The zero-order valence-corrected chi connectivity index (χ0v) is 18.7. The number of anilines is 1. The number of rotatable bonds is 8. The van der Waals surface area contributed by atoms with Crippen LogP contribution >= 0.6 is 27.3 Å². The molecule has 1 heterocycles. The van der Waals surface area contributed by atoms with E-state index in [2.05, 4.69) is 26.0 Å².